The van der Waals surface area contributed by atoms with Crippen LogP contribution in [0.1, 0.15) is 13.8 Å². The maximum absolute atomic E-state index is 3.10. The molecule has 9 heavy (non-hydrogen) atoms. The van der Waals surface area contributed by atoms with Crippen LogP contribution in [0.5, 0.6) is 0 Å². The molecule has 0 nitrogen and oxygen atoms in total. The van der Waals surface area contributed by atoms with E-state index in [-0.39, 0.29) is 0 Å². The molecule has 0 rings (SSSR count). The van der Waals surface area contributed by atoms with Gasteiger partial charge in [-0.25, -0.2) is 0 Å². The second-order valence-electron chi connectivity index (χ2n) is 1.64. The Morgan fingerprint density at radius 3 is 1.89 bits per heavy atom. The van der Waals surface area contributed by atoms with E-state index in [1.807, 2.05) is 10.8 Å². The summed E-state index contributed by atoms with van der Waals surface area (Å²) in [5, 5.41) is 0. The maximum atomic E-state index is 3.10. The van der Waals surface area contributed by atoms with Crippen LogP contribution in [0.4, 0.5) is 0 Å². The van der Waals surface area contributed by atoms with Gasteiger partial charge in [0.15, 0.2) is 0 Å². The molecule has 0 aliphatic rings. The van der Waals surface area contributed by atoms with E-state index >= 15 is 0 Å². The molecule has 0 amide bonds. The third kappa shape index (κ3) is 17.6. The van der Waals surface area contributed by atoms with Gasteiger partial charge in [0.1, 0.15) is 0 Å². The zero-order valence-corrected chi connectivity index (χ0v) is 9.76. The Morgan fingerprint density at radius 1 is 1.33 bits per heavy atom. The van der Waals surface area contributed by atoms with Gasteiger partial charge < -0.3 is 0 Å². The van der Waals surface area contributed by atoms with Crippen molar-refractivity contribution in [3.05, 3.63) is 12.2 Å². The Morgan fingerprint density at radius 2 is 1.78 bits per heavy atom. The van der Waals surface area contributed by atoms with Gasteiger partial charge in [-0.1, -0.05) is 0 Å². The predicted molar refractivity (Wildman–Crippen MR) is 28.7 cm³/mol. The summed E-state index contributed by atoms with van der Waals surface area (Å²) < 4.78 is 1.92. The van der Waals surface area contributed by atoms with Crippen molar-refractivity contribution in [2.75, 3.05) is 0 Å². The monoisotopic (exact) mass is 234 g/mol. The van der Waals surface area contributed by atoms with Crippen molar-refractivity contribution in [3.8, 4) is 0 Å². The van der Waals surface area contributed by atoms with Crippen molar-refractivity contribution in [3.63, 3.8) is 0 Å². The normalized spacial score (nSPS) is 8.44. The van der Waals surface area contributed by atoms with Crippen molar-refractivity contribution < 1.29 is 46.2 Å². The average molecular weight is 234 g/mol. The molecule has 49 valence electrons. The molecule has 0 radical (unpaired) electrons. The summed E-state index contributed by atoms with van der Waals surface area (Å²) in [6.07, 6.45) is 5.02. The number of hydrogen-bond donors (Lipinski definition) is 0. The molecule has 0 saturated heterocycles. The predicted octanol–water partition coefficient (Wildman–Crippen LogP) is 1.35. The van der Waals surface area contributed by atoms with E-state index in [2.05, 4.69) is 66.2 Å². The Hall–Kier alpha value is 1.36. The fraction of sp³-hybridized carbons (Fsp3) is 0.500. The Bertz CT molecular complexity index is 86.3. The molecule has 0 saturated carbocycles. The molecule has 0 aromatic rings. The van der Waals surface area contributed by atoms with Crippen LogP contribution in [0, 0.1) is 12.0 Å². The van der Waals surface area contributed by atoms with Gasteiger partial charge in [0.05, 0.1) is 0 Å². The van der Waals surface area contributed by atoms with Crippen LogP contribution in [0.15, 0.2) is 6.08 Å². The van der Waals surface area contributed by atoms with Crippen LogP contribution in [-0.2, 0) is 46.2 Å². The third-order valence-electron chi connectivity index (χ3n) is 0.504. The van der Waals surface area contributed by atoms with E-state index in [0.29, 0.717) is 5.92 Å². The zero-order valence-electron chi connectivity index (χ0n) is 5.57. The molecule has 0 unspecified atom stereocenters. The van der Waals surface area contributed by atoms with Crippen LogP contribution >= 0.6 is 0 Å². The first-order valence-electron chi connectivity index (χ1n) is 2.52. The molecule has 0 fully saturated rings. The first-order chi connectivity index (χ1) is 4.27. The van der Waals surface area contributed by atoms with E-state index in [9.17, 15) is 0 Å². The summed E-state index contributed by atoms with van der Waals surface area (Å²) in [5.74, 6) is 0.556. The van der Waals surface area contributed by atoms with Crippen molar-refractivity contribution in [1.82, 2.24) is 0 Å². The first kappa shape index (κ1) is 13.0. The van der Waals surface area contributed by atoms with Crippen LogP contribution in [0.2, 0.25) is 0 Å². The molecule has 0 aromatic carbocycles. The molecular weight excluding hydrogens is 225 g/mol. The topological polar surface area (TPSA) is 0 Å². The standard InChI is InChI=1S/C6H9.3V/c1-4-5-6(2)3;;;/h1,4,6H,2-3H3;;;/q-1;;;. The quantitative estimate of drug-likeness (QED) is 0.632. The molecule has 0 aliphatic heterocycles. The minimum absolute atomic E-state index is 0.556. The second kappa shape index (κ2) is 12.1. The van der Waals surface area contributed by atoms with E-state index in [4.69, 9.17) is 0 Å². The van der Waals surface area contributed by atoms with Gasteiger partial charge in [0.2, 0.25) is 0 Å². The molecule has 0 aromatic heterocycles. The van der Waals surface area contributed by atoms with E-state index in [0.717, 1.165) is 0 Å². The number of hydrogen-bond acceptors (Lipinski definition) is 0. The van der Waals surface area contributed by atoms with Crippen molar-refractivity contribution in [2.45, 2.75) is 13.8 Å². The van der Waals surface area contributed by atoms with Crippen molar-refractivity contribution in [1.29, 1.82) is 0 Å². The van der Waals surface area contributed by atoms with Gasteiger partial charge >= 0.3 is 82.9 Å². The summed E-state index contributed by atoms with van der Waals surface area (Å²) in [6, 6.07) is 0. The Balaban J connectivity index is 0. The Labute approximate surface area is 82.3 Å². The molecule has 0 spiro atoms. The van der Waals surface area contributed by atoms with Gasteiger partial charge in [-0.15, -0.1) is 0 Å². The summed E-state index contributed by atoms with van der Waals surface area (Å²) in [6.45, 7) is 4.21. The van der Waals surface area contributed by atoms with Crippen molar-refractivity contribution >= 4 is 4.73 Å². The minimum atomic E-state index is 0.556. The fourth-order valence-corrected chi connectivity index (χ4v) is 0.370. The molecule has 3 heteroatoms. The van der Waals surface area contributed by atoms with E-state index < -0.39 is 0 Å². The van der Waals surface area contributed by atoms with Gasteiger partial charge in [-0.3, -0.25) is 0 Å². The second-order valence-corrected chi connectivity index (χ2v) is 2.10. The average Bonchev–Trinajstić information content (AvgIpc) is 1.88. The van der Waals surface area contributed by atoms with Crippen LogP contribution in [0.3, 0.4) is 0 Å². The van der Waals surface area contributed by atoms with Crippen molar-refractivity contribution in [2.24, 2.45) is 5.92 Å². The van der Waals surface area contributed by atoms with Gasteiger partial charge in [0, 0.05) is 0 Å². The van der Waals surface area contributed by atoms with Gasteiger partial charge in [-0.2, -0.15) is 0 Å². The van der Waals surface area contributed by atoms with Crippen LogP contribution in [0.25, 0.3) is 0 Å². The molecule has 0 atom stereocenters. The summed E-state index contributed by atoms with van der Waals surface area (Å²) in [7, 11) is 0. The van der Waals surface area contributed by atoms with Crippen LogP contribution < -0.4 is 0 Å². The Kier molecular flexibility index (Phi) is 17.4. The summed E-state index contributed by atoms with van der Waals surface area (Å²) in [5.41, 5.74) is 0. The molecule has 0 aliphatic carbocycles. The van der Waals surface area contributed by atoms with Gasteiger partial charge in [-0.05, 0) is 0 Å². The van der Waals surface area contributed by atoms with E-state index in [1.165, 1.54) is 0 Å². The van der Waals surface area contributed by atoms with E-state index in [1.54, 1.807) is 0 Å². The zero-order chi connectivity index (χ0) is 7.70. The molecule has 0 heterocycles. The summed E-state index contributed by atoms with van der Waals surface area (Å²) >= 11 is 6.88. The first-order valence-corrected chi connectivity index (χ1v) is 6.53. The molecule has 0 N–H and O–H groups in total. The number of rotatable bonds is 2. The summed E-state index contributed by atoms with van der Waals surface area (Å²) in [4.78, 5) is 0. The van der Waals surface area contributed by atoms with Crippen LogP contribution in [-0.4, -0.2) is 4.73 Å². The molecule has 0 bridgehead atoms. The number of allylic oxidation sites excluding steroid dienone is 2. The SMILES string of the molecule is CC(C)[C-]=C[CH]=[V].[V]=[V]. The molecular formula is C6H9V3-. The fourth-order valence-electron chi connectivity index (χ4n) is 0.235. The van der Waals surface area contributed by atoms with Gasteiger partial charge in [0.25, 0.3) is 0 Å². The third-order valence-corrected chi connectivity index (χ3v) is 0.737.